The Morgan fingerprint density at radius 2 is 1.83 bits per heavy atom. The molecule has 0 saturated carbocycles. The Morgan fingerprint density at radius 3 is 2.45 bits per heavy atom. The van der Waals surface area contributed by atoms with Gasteiger partial charge < -0.3 is 15.0 Å². The number of likely N-dealkylation sites (tertiary alicyclic amines) is 2. The van der Waals surface area contributed by atoms with Gasteiger partial charge in [-0.2, -0.15) is 4.98 Å². The number of carbonyl (C=O) groups excluding carboxylic acids is 1. The molecule has 4 rings (SSSR count). The predicted octanol–water partition coefficient (Wildman–Crippen LogP) is 2.05. The zero-order chi connectivity index (χ0) is 20.3. The molecule has 2 aromatic rings. The molecule has 2 N–H and O–H groups in total. The van der Waals surface area contributed by atoms with Crippen molar-refractivity contribution in [2.45, 2.75) is 44.2 Å². The lowest BCUT2D eigenvalue weighted by molar-refractivity contribution is -0.135. The van der Waals surface area contributed by atoms with Gasteiger partial charge in [-0.3, -0.25) is 14.6 Å². The predicted molar refractivity (Wildman–Crippen MR) is 108 cm³/mol. The van der Waals surface area contributed by atoms with Crippen LogP contribution >= 0.6 is 0 Å². The smallest absolute Gasteiger partial charge is 0.241 e. The van der Waals surface area contributed by atoms with E-state index in [0.29, 0.717) is 18.3 Å². The fourth-order valence-electron chi connectivity index (χ4n) is 4.49. The van der Waals surface area contributed by atoms with E-state index in [1.807, 2.05) is 24.3 Å². The van der Waals surface area contributed by atoms with Crippen molar-refractivity contribution in [3.05, 3.63) is 30.2 Å². The first-order valence-corrected chi connectivity index (χ1v) is 10.3. The second-order valence-electron chi connectivity index (χ2n) is 7.96. The van der Waals surface area contributed by atoms with Crippen molar-refractivity contribution < 1.29 is 14.1 Å². The first kappa shape index (κ1) is 19.8. The standard InChI is InChI=1S/C21H29N5O3/c1-28-17-7-5-16(6-8-17)19-23-18(29-24-19)15-25-13-9-21(10-14-25,20(22)27)26-11-3-2-4-12-26/h5-8H,2-4,9-15H2,1H3,(H2,22,27). The molecule has 8 heteroatoms. The van der Waals surface area contributed by atoms with E-state index in [1.54, 1.807) is 7.11 Å². The van der Waals surface area contributed by atoms with Crippen molar-refractivity contribution in [2.75, 3.05) is 33.3 Å². The lowest BCUT2D eigenvalue weighted by atomic mass is 9.83. The first-order chi connectivity index (χ1) is 14.1. The Kier molecular flexibility index (Phi) is 5.82. The van der Waals surface area contributed by atoms with E-state index < -0.39 is 5.54 Å². The topological polar surface area (TPSA) is 97.7 Å². The minimum atomic E-state index is -0.500. The highest BCUT2D eigenvalue weighted by molar-refractivity contribution is 5.84. The minimum Gasteiger partial charge on any atom is -0.497 e. The monoisotopic (exact) mass is 399 g/mol. The Labute approximate surface area is 171 Å². The van der Waals surface area contributed by atoms with Crippen LogP contribution in [0.5, 0.6) is 5.75 Å². The molecule has 3 heterocycles. The molecule has 2 aliphatic heterocycles. The average Bonchev–Trinajstić information content (AvgIpc) is 3.23. The third kappa shape index (κ3) is 4.13. The lowest BCUT2D eigenvalue weighted by Gasteiger charge is -2.47. The van der Waals surface area contributed by atoms with Gasteiger partial charge in [-0.05, 0) is 63.0 Å². The van der Waals surface area contributed by atoms with Crippen LogP contribution in [0.25, 0.3) is 11.4 Å². The van der Waals surface area contributed by atoms with Crippen LogP contribution in [0, 0.1) is 0 Å². The average molecular weight is 399 g/mol. The van der Waals surface area contributed by atoms with Gasteiger partial charge in [-0.15, -0.1) is 0 Å². The highest BCUT2D eigenvalue weighted by Crippen LogP contribution is 2.32. The van der Waals surface area contributed by atoms with Gasteiger partial charge in [0.05, 0.1) is 13.7 Å². The number of benzene rings is 1. The number of methoxy groups -OCH3 is 1. The number of aromatic nitrogens is 2. The second kappa shape index (κ2) is 8.51. The number of piperidine rings is 2. The Morgan fingerprint density at radius 1 is 1.14 bits per heavy atom. The number of hydrogen-bond donors (Lipinski definition) is 1. The molecule has 156 valence electrons. The zero-order valence-corrected chi connectivity index (χ0v) is 17.0. The lowest BCUT2D eigenvalue weighted by Crippen LogP contribution is -2.63. The molecule has 0 unspecified atom stereocenters. The Bertz CT molecular complexity index is 821. The highest BCUT2D eigenvalue weighted by Gasteiger charge is 2.45. The van der Waals surface area contributed by atoms with Crippen LogP contribution in [0.2, 0.25) is 0 Å². The molecule has 0 bridgehead atoms. The molecule has 1 aromatic heterocycles. The molecule has 0 atom stereocenters. The van der Waals surface area contributed by atoms with Gasteiger partial charge in [0, 0.05) is 18.7 Å². The van der Waals surface area contributed by atoms with Crippen LogP contribution in [-0.2, 0) is 11.3 Å². The van der Waals surface area contributed by atoms with E-state index in [1.165, 1.54) is 6.42 Å². The maximum atomic E-state index is 12.4. The highest BCUT2D eigenvalue weighted by atomic mass is 16.5. The molecule has 2 fully saturated rings. The van der Waals surface area contributed by atoms with Gasteiger partial charge in [0.1, 0.15) is 11.3 Å². The van der Waals surface area contributed by atoms with E-state index in [2.05, 4.69) is 19.9 Å². The minimum absolute atomic E-state index is 0.182. The number of ether oxygens (including phenoxy) is 1. The third-order valence-electron chi connectivity index (χ3n) is 6.28. The molecule has 0 aliphatic carbocycles. The van der Waals surface area contributed by atoms with Gasteiger partial charge in [0.25, 0.3) is 0 Å². The molecule has 0 spiro atoms. The van der Waals surface area contributed by atoms with Crippen LogP contribution in [-0.4, -0.2) is 64.7 Å². The summed E-state index contributed by atoms with van der Waals surface area (Å²) in [6, 6.07) is 7.57. The van der Waals surface area contributed by atoms with E-state index in [-0.39, 0.29) is 5.91 Å². The molecule has 2 saturated heterocycles. The molecular formula is C21H29N5O3. The van der Waals surface area contributed by atoms with Gasteiger partial charge in [-0.1, -0.05) is 11.6 Å². The summed E-state index contributed by atoms with van der Waals surface area (Å²) in [5.74, 6) is 1.76. The first-order valence-electron chi connectivity index (χ1n) is 10.3. The maximum absolute atomic E-state index is 12.4. The quantitative estimate of drug-likeness (QED) is 0.794. The van der Waals surface area contributed by atoms with Crippen LogP contribution in [0.4, 0.5) is 0 Å². The Balaban J connectivity index is 1.38. The number of rotatable bonds is 6. The van der Waals surface area contributed by atoms with Crippen molar-refractivity contribution in [3.63, 3.8) is 0 Å². The summed E-state index contributed by atoms with van der Waals surface area (Å²) >= 11 is 0. The number of amides is 1. The summed E-state index contributed by atoms with van der Waals surface area (Å²) in [4.78, 5) is 21.5. The third-order valence-corrected chi connectivity index (χ3v) is 6.28. The zero-order valence-electron chi connectivity index (χ0n) is 17.0. The SMILES string of the molecule is COc1ccc(-c2noc(CN3CCC(C(N)=O)(N4CCCCC4)CC3)n2)cc1. The van der Waals surface area contributed by atoms with Crippen LogP contribution in [0.15, 0.2) is 28.8 Å². The van der Waals surface area contributed by atoms with Crippen molar-refractivity contribution in [3.8, 4) is 17.1 Å². The summed E-state index contributed by atoms with van der Waals surface area (Å²) in [5.41, 5.74) is 6.26. The van der Waals surface area contributed by atoms with Gasteiger partial charge in [0.2, 0.25) is 17.6 Å². The second-order valence-corrected chi connectivity index (χ2v) is 7.96. The molecule has 0 radical (unpaired) electrons. The molecule has 1 aromatic carbocycles. The van der Waals surface area contributed by atoms with Crippen LogP contribution < -0.4 is 10.5 Å². The largest absolute Gasteiger partial charge is 0.497 e. The number of nitrogens with two attached hydrogens (primary N) is 1. The van der Waals surface area contributed by atoms with E-state index in [9.17, 15) is 4.79 Å². The number of nitrogens with zero attached hydrogens (tertiary/aromatic N) is 4. The molecule has 8 nitrogen and oxygen atoms in total. The van der Waals surface area contributed by atoms with Crippen molar-refractivity contribution in [1.82, 2.24) is 19.9 Å². The van der Waals surface area contributed by atoms with E-state index >= 15 is 0 Å². The van der Waals surface area contributed by atoms with Gasteiger partial charge >= 0.3 is 0 Å². The van der Waals surface area contributed by atoms with Crippen molar-refractivity contribution >= 4 is 5.91 Å². The fourth-order valence-corrected chi connectivity index (χ4v) is 4.49. The van der Waals surface area contributed by atoms with E-state index in [0.717, 1.165) is 63.2 Å². The number of carbonyl (C=O) groups is 1. The Hall–Kier alpha value is -2.45. The summed E-state index contributed by atoms with van der Waals surface area (Å²) in [6.07, 6.45) is 5.04. The molecular weight excluding hydrogens is 370 g/mol. The fraction of sp³-hybridized carbons (Fsp3) is 0.571. The maximum Gasteiger partial charge on any atom is 0.241 e. The van der Waals surface area contributed by atoms with Gasteiger partial charge in [-0.25, -0.2) is 0 Å². The number of hydrogen-bond acceptors (Lipinski definition) is 7. The number of primary amides is 1. The van der Waals surface area contributed by atoms with Crippen LogP contribution in [0.3, 0.4) is 0 Å². The molecule has 2 aliphatic rings. The van der Waals surface area contributed by atoms with Crippen molar-refractivity contribution in [1.29, 1.82) is 0 Å². The summed E-state index contributed by atoms with van der Waals surface area (Å²) < 4.78 is 10.6. The molecule has 1 amide bonds. The summed E-state index contributed by atoms with van der Waals surface area (Å²) in [7, 11) is 1.64. The van der Waals surface area contributed by atoms with Crippen LogP contribution in [0.1, 0.15) is 38.0 Å². The summed E-state index contributed by atoms with van der Waals surface area (Å²) in [6.45, 7) is 4.10. The van der Waals surface area contributed by atoms with Gasteiger partial charge in [0.15, 0.2) is 0 Å². The summed E-state index contributed by atoms with van der Waals surface area (Å²) in [5, 5.41) is 4.10. The molecule has 29 heavy (non-hydrogen) atoms. The normalized spacial score (nSPS) is 20.4. The van der Waals surface area contributed by atoms with E-state index in [4.69, 9.17) is 15.0 Å². The van der Waals surface area contributed by atoms with Crippen molar-refractivity contribution in [2.24, 2.45) is 5.73 Å².